The summed E-state index contributed by atoms with van der Waals surface area (Å²) in [5.41, 5.74) is 0.688. The zero-order valence-electron chi connectivity index (χ0n) is 10.2. The molecule has 0 aromatic heterocycles. The molecule has 1 N–H and O–H groups in total. The van der Waals surface area contributed by atoms with E-state index < -0.39 is 22.6 Å². The van der Waals surface area contributed by atoms with Gasteiger partial charge in [0.1, 0.15) is 5.82 Å². The van der Waals surface area contributed by atoms with Gasteiger partial charge in [-0.3, -0.25) is 4.21 Å². The van der Waals surface area contributed by atoms with Crippen LogP contribution in [0, 0.1) is 5.82 Å². The molecule has 1 unspecified atom stereocenters. The summed E-state index contributed by atoms with van der Waals surface area (Å²) in [4.78, 5) is 10.8. The summed E-state index contributed by atoms with van der Waals surface area (Å²) < 4.78 is 26.7. The Bertz CT molecular complexity index is 688. The van der Waals surface area contributed by atoms with Gasteiger partial charge in [0.15, 0.2) is 0 Å². The van der Waals surface area contributed by atoms with E-state index in [-0.39, 0.29) is 16.2 Å². The third kappa shape index (κ3) is 3.32. The summed E-state index contributed by atoms with van der Waals surface area (Å²) in [5, 5.41) is 8.89. The highest BCUT2D eigenvalue weighted by Gasteiger charge is 2.15. The van der Waals surface area contributed by atoms with Crippen LogP contribution >= 0.6 is 15.9 Å². The lowest BCUT2D eigenvalue weighted by atomic mass is 10.2. The van der Waals surface area contributed by atoms with Gasteiger partial charge in [-0.15, -0.1) is 0 Å². The Balaban J connectivity index is 2.32. The number of halogens is 2. The first kappa shape index (κ1) is 14.9. The predicted molar refractivity (Wildman–Crippen MR) is 77.6 cm³/mol. The summed E-state index contributed by atoms with van der Waals surface area (Å²) >= 11 is 3.33. The normalized spacial score (nSPS) is 12.1. The average molecular weight is 357 g/mol. The molecule has 0 amide bonds. The van der Waals surface area contributed by atoms with E-state index in [1.54, 1.807) is 18.2 Å². The number of hydrogen-bond donors (Lipinski definition) is 1. The molecule has 0 aliphatic rings. The highest BCUT2D eigenvalue weighted by molar-refractivity contribution is 9.10. The van der Waals surface area contributed by atoms with Crippen molar-refractivity contribution in [1.82, 2.24) is 0 Å². The summed E-state index contributed by atoms with van der Waals surface area (Å²) in [7, 11) is -1.65. The standard InChI is InChI=1S/C14H10BrFO3S/c15-11-4-2-1-3-10(11)8-20(19)13-7-9(14(17)18)5-6-12(13)16/h1-7H,8H2,(H,17,18). The molecule has 0 saturated carbocycles. The first-order valence-electron chi connectivity index (χ1n) is 5.63. The van der Waals surface area contributed by atoms with Crippen LogP contribution in [0.15, 0.2) is 51.8 Å². The molecule has 1 atom stereocenters. The highest BCUT2D eigenvalue weighted by atomic mass is 79.9. The van der Waals surface area contributed by atoms with Crippen molar-refractivity contribution in [2.45, 2.75) is 10.6 Å². The Kier molecular flexibility index (Phi) is 4.67. The maximum atomic E-state index is 13.7. The molecule has 0 fully saturated rings. The van der Waals surface area contributed by atoms with Crippen LogP contribution in [-0.4, -0.2) is 15.3 Å². The minimum Gasteiger partial charge on any atom is -0.478 e. The second-order valence-corrected chi connectivity index (χ2v) is 6.31. The first-order valence-corrected chi connectivity index (χ1v) is 7.75. The van der Waals surface area contributed by atoms with Crippen molar-refractivity contribution in [3.05, 3.63) is 63.9 Å². The maximum Gasteiger partial charge on any atom is 0.335 e. The quantitative estimate of drug-likeness (QED) is 0.910. The van der Waals surface area contributed by atoms with Gasteiger partial charge in [0.25, 0.3) is 0 Å². The van der Waals surface area contributed by atoms with Gasteiger partial charge in [-0.2, -0.15) is 0 Å². The average Bonchev–Trinajstić information content (AvgIpc) is 2.41. The van der Waals surface area contributed by atoms with Gasteiger partial charge in [-0.1, -0.05) is 34.1 Å². The molecular formula is C14H10BrFO3S. The summed E-state index contributed by atoms with van der Waals surface area (Å²) in [6.45, 7) is 0. The minimum atomic E-state index is -1.65. The van der Waals surface area contributed by atoms with Crippen LogP contribution in [0.5, 0.6) is 0 Å². The third-order valence-electron chi connectivity index (χ3n) is 2.67. The monoisotopic (exact) mass is 356 g/mol. The van der Waals surface area contributed by atoms with E-state index in [9.17, 15) is 13.4 Å². The lowest BCUT2D eigenvalue weighted by Gasteiger charge is -2.07. The molecule has 0 heterocycles. The molecule has 0 aliphatic heterocycles. The summed E-state index contributed by atoms with van der Waals surface area (Å²) in [5.74, 6) is -1.73. The molecule has 104 valence electrons. The van der Waals surface area contributed by atoms with Crippen LogP contribution in [0.2, 0.25) is 0 Å². The van der Waals surface area contributed by atoms with Gasteiger partial charge in [0.05, 0.1) is 27.0 Å². The summed E-state index contributed by atoms with van der Waals surface area (Å²) in [6, 6.07) is 10.5. The smallest absolute Gasteiger partial charge is 0.335 e. The van der Waals surface area contributed by atoms with Crippen molar-refractivity contribution in [2.75, 3.05) is 0 Å². The van der Waals surface area contributed by atoms with Gasteiger partial charge in [-0.25, -0.2) is 9.18 Å². The van der Waals surface area contributed by atoms with Gasteiger partial charge >= 0.3 is 5.97 Å². The number of aromatic carboxylic acids is 1. The van der Waals surface area contributed by atoms with Gasteiger partial charge in [-0.05, 0) is 29.8 Å². The van der Waals surface area contributed by atoms with E-state index in [1.165, 1.54) is 0 Å². The van der Waals surface area contributed by atoms with Crippen LogP contribution in [0.1, 0.15) is 15.9 Å². The molecule has 3 nitrogen and oxygen atoms in total. The van der Waals surface area contributed by atoms with E-state index >= 15 is 0 Å². The molecule has 0 bridgehead atoms. The number of carboxylic acids is 1. The fourth-order valence-corrected chi connectivity index (χ4v) is 3.49. The minimum absolute atomic E-state index is 0.0816. The van der Waals surface area contributed by atoms with Crippen molar-refractivity contribution in [3.63, 3.8) is 0 Å². The van der Waals surface area contributed by atoms with Gasteiger partial charge in [0.2, 0.25) is 0 Å². The lowest BCUT2D eigenvalue weighted by molar-refractivity contribution is 0.0696. The fourth-order valence-electron chi connectivity index (χ4n) is 1.65. The Labute approximate surface area is 126 Å². The molecule has 0 aliphatic carbocycles. The van der Waals surface area contributed by atoms with Crippen LogP contribution in [-0.2, 0) is 16.6 Å². The van der Waals surface area contributed by atoms with Crippen LogP contribution < -0.4 is 0 Å². The molecule has 0 saturated heterocycles. The number of benzene rings is 2. The van der Waals surface area contributed by atoms with Crippen molar-refractivity contribution in [3.8, 4) is 0 Å². The number of carbonyl (C=O) groups is 1. The number of carboxylic acid groups (broad SMARTS) is 1. The van der Waals surface area contributed by atoms with Crippen LogP contribution in [0.4, 0.5) is 4.39 Å². The number of rotatable bonds is 4. The van der Waals surface area contributed by atoms with E-state index in [1.807, 2.05) is 6.07 Å². The van der Waals surface area contributed by atoms with Crippen molar-refractivity contribution in [1.29, 1.82) is 0 Å². The van der Waals surface area contributed by atoms with E-state index in [0.717, 1.165) is 28.2 Å². The van der Waals surface area contributed by atoms with Gasteiger partial charge in [0, 0.05) is 4.47 Å². The predicted octanol–water partition coefficient (Wildman–Crippen LogP) is 3.59. The Morgan fingerprint density at radius 2 is 1.95 bits per heavy atom. The van der Waals surface area contributed by atoms with Crippen molar-refractivity contribution in [2.24, 2.45) is 0 Å². The van der Waals surface area contributed by atoms with Crippen molar-refractivity contribution < 1.29 is 18.5 Å². The number of hydrogen-bond acceptors (Lipinski definition) is 2. The zero-order chi connectivity index (χ0) is 14.7. The fraction of sp³-hybridized carbons (Fsp3) is 0.0714. The molecule has 20 heavy (non-hydrogen) atoms. The van der Waals surface area contributed by atoms with Gasteiger partial charge < -0.3 is 5.11 Å². The molecule has 6 heteroatoms. The third-order valence-corrected chi connectivity index (χ3v) is 4.82. The Morgan fingerprint density at radius 1 is 1.25 bits per heavy atom. The SMILES string of the molecule is O=C(O)c1ccc(F)c(S(=O)Cc2ccccc2Br)c1. The Hall–Kier alpha value is -1.53. The van der Waals surface area contributed by atoms with E-state index in [2.05, 4.69) is 15.9 Å². The molecule has 2 rings (SSSR count). The zero-order valence-corrected chi connectivity index (χ0v) is 12.6. The molecule has 0 spiro atoms. The second kappa shape index (κ2) is 6.28. The molecular weight excluding hydrogens is 347 g/mol. The highest BCUT2D eigenvalue weighted by Crippen LogP contribution is 2.22. The summed E-state index contributed by atoms with van der Waals surface area (Å²) in [6.07, 6.45) is 0. The Morgan fingerprint density at radius 3 is 2.60 bits per heavy atom. The molecule has 0 radical (unpaired) electrons. The van der Waals surface area contributed by atoms with Crippen LogP contribution in [0.25, 0.3) is 0 Å². The maximum absolute atomic E-state index is 13.7. The topological polar surface area (TPSA) is 54.4 Å². The van der Waals surface area contributed by atoms with Crippen LogP contribution in [0.3, 0.4) is 0 Å². The lowest BCUT2D eigenvalue weighted by Crippen LogP contribution is -2.04. The second-order valence-electron chi connectivity index (χ2n) is 4.03. The van der Waals surface area contributed by atoms with E-state index in [4.69, 9.17) is 5.11 Å². The molecule has 2 aromatic rings. The largest absolute Gasteiger partial charge is 0.478 e. The van der Waals surface area contributed by atoms with Crippen molar-refractivity contribution >= 4 is 32.7 Å². The molecule has 2 aromatic carbocycles. The first-order chi connectivity index (χ1) is 9.49. The van der Waals surface area contributed by atoms with E-state index in [0.29, 0.717) is 0 Å².